The minimum atomic E-state index is -0.171. The van der Waals surface area contributed by atoms with E-state index in [4.69, 9.17) is 4.74 Å². The monoisotopic (exact) mass is 504 g/mol. The second kappa shape index (κ2) is 11.3. The standard InChI is InChI=1S/C21H33FN4O.HI/c1-3-23-20(24-15-18-7-6-17(2)19(22)14-18)25-16-21(8-12-27-13-9-21)26-10-4-5-11-26;/h6-7,14H,3-5,8-13,15-16H2,1-2H3,(H2,23,24,25);1H. The minimum absolute atomic E-state index is 0. The molecule has 2 N–H and O–H groups in total. The smallest absolute Gasteiger partial charge is 0.191 e. The number of hydrogen-bond acceptors (Lipinski definition) is 3. The van der Waals surface area contributed by atoms with Crippen molar-refractivity contribution in [1.82, 2.24) is 15.5 Å². The Morgan fingerprint density at radius 1 is 1.21 bits per heavy atom. The van der Waals surface area contributed by atoms with Crippen molar-refractivity contribution in [2.75, 3.05) is 39.4 Å². The summed E-state index contributed by atoms with van der Waals surface area (Å²) in [6, 6.07) is 5.33. The number of aryl methyl sites for hydroxylation is 1. The van der Waals surface area contributed by atoms with Gasteiger partial charge < -0.3 is 15.4 Å². The van der Waals surface area contributed by atoms with Gasteiger partial charge >= 0.3 is 0 Å². The highest BCUT2D eigenvalue weighted by molar-refractivity contribution is 14.0. The molecule has 3 rings (SSSR count). The summed E-state index contributed by atoms with van der Waals surface area (Å²) in [4.78, 5) is 7.31. The molecule has 5 nitrogen and oxygen atoms in total. The number of guanidine groups is 1. The van der Waals surface area contributed by atoms with Crippen LogP contribution in [0.1, 0.15) is 43.7 Å². The van der Waals surface area contributed by atoms with Crippen LogP contribution in [0.3, 0.4) is 0 Å². The van der Waals surface area contributed by atoms with E-state index in [9.17, 15) is 4.39 Å². The maximum Gasteiger partial charge on any atom is 0.191 e. The zero-order valence-electron chi connectivity index (χ0n) is 17.1. The van der Waals surface area contributed by atoms with Crippen molar-refractivity contribution in [2.24, 2.45) is 4.99 Å². The summed E-state index contributed by atoms with van der Waals surface area (Å²) < 4.78 is 19.4. The number of halogens is 2. The molecule has 0 saturated carbocycles. The molecule has 0 amide bonds. The van der Waals surface area contributed by atoms with E-state index in [0.29, 0.717) is 12.1 Å². The first-order chi connectivity index (χ1) is 13.1. The molecule has 0 aromatic heterocycles. The van der Waals surface area contributed by atoms with Crippen LogP contribution in [0.15, 0.2) is 23.2 Å². The first kappa shape index (κ1) is 23.3. The fourth-order valence-corrected chi connectivity index (χ4v) is 4.04. The molecule has 0 radical (unpaired) electrons. The Kier molecular flexibility index (Phi) is 9.43. The molecule has 2 saturated heterocycles. The molecule has 0 unspecified atom stereocenters. The number of aliphatic imine (C=N–C) groups is 1. The number of nitrogens with zero attached hydrogens (tertiary/aromatic N) is 2. The van der Waals surface area contributed by atoms with Crippen molar-refractivity contribution in [2.45, 2.75) is 51.6 Å². The van der Waals surface area contributed by atoms with Gasteiger partial charge in [0.1, 0.15) is 5.82 Å². The van der Waals surface area contributed by atoms with E-state index >= 15 is 0 Å². The van der Waals surface area contributed by atoms with E-state index in [1.165, 1.54) is 25.9 Å². The van der Waals surface area contributed by atoms with Crippen molar-refractivity contribution in [3.8, 4) is 0 Å². The molecular formula is C21H34FIN4O. The lowest BCUT2D eigenvalue weighted by Crippen LogP contribution is -2.58. The molecule has 28 heavy (non-hydrogen) atoms. The lowest BCUT2D eigenvalue weighted by atomic mass is 9.88. The van der Waals surface area contributed by atoms with Crippen LogP contribution in [-0.4, -0.2) is 55.8 Å². The summed E-state index contributed by atoms with van der Waals surface area (Å²) in [5, 5.41) is 6.87. The molecule has 2 heterocycles. The van der Waals surface area contributed by atoms with Crippen molar-refractivity contribution < 1.29 is 9.13 Å². The van der Waals surface area contributed by atoms with Gasteiger partial charge in [0.25, 0.3) is 0 Å². The quantitative estimate of drug-likeness (QED) is 0.354. The average molecular weight is 504 g/mol. The summed E-state index contributed by atoms with van der Waals surface area (Å²) in [6.45, 7) is 9.98. The number of likely N-dealkylation sites (tertiary alicyclic amines) is 1. The molecule has 0 aliphatic carbocycles. The van der Waals surface area contributed by atoms with Gasteiger partial charge in [-0.15, -0.1) is 24.0 Å². The van der Waals surface area contributed by atoms with E-state index in [-0.39, 0.29) is 35.3 Å². The lowest BCUT2D eigenvalue weighted by Gasteiger charge is -2.45. The normalized spacial score (nSPS) is 19.9. The average Bonchev–Trinajstić information content (AvgIpc) is 3.23. The Balaban J connectivity index is 0.00000280. The van der Waals surface area contributed by atoms with Crippen LogP contribution in [0, 0.1) is 12.7 Å². The third kappa shape index (κ3) is 6.03. The van der Waals surface area contributed by atoms with Crippen molar-refractivity contribution >= 4 is 29.9 Å². The number of ether oxygens (including phenoxy) is 1. The third-order valence-corrected chi connectivity index (χ3v) is 5.79. The summed E-state index contributed by atoms with van der Waals surface area (Å²) in [5.74, 6) is 0.624. The second-order valence-electron chi connectivity index (χ2n) is 7.66. The number of rotatable bonds is 6. The van der Waals surface area contributed by atoms with Crippen LogP contribution >= 0.6 is 24.0 Å². The van der Waals surface area contributed by atoms with E-state index in [1.54, 1.807) is 13.0 Å². The Bertz CT molecular complexity index is 643. The van der Waals surface area contributed by atoms with Gasteiger partial charge in [0, 0.05) is 31.8 Å². The van der Waals surface area contributed by atoms with Gasteiger partial charge in [0.15, 0.2) is 5.96 Å². The summed E-state index contributed by atoms with van der Waals surface area (Å²) in [5.41, 5.74) is 1.71. The van der Waals surface area contributed by atoms with Gasteiger partial charge in [-0.1, -0.05) is 12.1 Å². The summed E-state index contributed by atoms with van der Waals surface area (Å²) >= 11 is 0. The number of hydrogen-bond donors (Lipinski definition) is 2. The van der Waals surface area contributed by atoms with Gasteiger partial charge in [0.05, 0.1) is 6.54 Å². The number of benzene rings is 1. The van der Waals surface area contributed by atoms with Crippen molar-refractivity contribution in [1.29, 1.82) is 0 Å². The Hall–Kier alpha value is -0.930. The maximum absolute atomic E-state index is 13.8. The fourth-order valence-electron chi connectivity index (χ4n) is 4.04. The molecule has 0 spiro atoms. The van der Waals surface area contributed by atoms with Gasteiger partial charge in [-0.05, 0) is 69.8 Å². The molecule has 1 aromatic rings. The third-order valence-electron chi connectivity index (χ3n) is 5.79. The summed E-state index contributed by atoms with van der Waals surface area (Å²) in [6.07, 6.45) is 4.69. The van der Waals surface area contributed by atoms with Crippen LogP contribution < -0.4 is 10.6 Å². The van der Waals surface area contributed by atoms with Gasteiger partial charge in [-0.25, -0.2) is 9.38 Å². The molecular weight excluding hydrogens is 470 g/mol. The van der Waals surface area contributed by atoms with E-state index < -0.39 is 0 Å². The van der Waals surface area contributed by atoms with E-state index in [1.807, 2.05) is 12.1 Å². The molecule has 0 atom stereocenters. The predicted molar refractivity (Wildman–Crippen MR) is 123 cm³/mol. The summed E-state index contributed by atoms with van der Waals surface area (Å²) in [7, 11) is 0. The van der Waals surface area contributed by atoms with E-state index in [2.05, 4.69) is 27.4 Å². The predicted octanol–water partition coefficient (Wildman–Crippen LogP) is 3.45. The highest BCUT2D eigenvalue weighted by atomic mass is 127. The van der Waals surface area contributed by atoms with Gasteiger partial charge in [0.2, 0.25) is 0 Å². The Morgan fingerprint density at radius 3 is 2.57 bits per heavy atom. The van der Waals surface area contributed by atoms with Crippen molar-refractivity contribution in [3.05, 3.63) is 35.1 Å². The highest BCUT2D eigenvalue weighted by Gasteiger charge is 2.39. The zero-order chi connectivity index (χ0) is 19.1. The molecule has 2 fully saturated rings. The fraction of sp³-hybridized carbons (Fsp3) is 0.667. The van der Waals surface area contributed by atoms with Crippen LogP contribution in [0.5, 0.6) is 0 Å². The van der Waals surface area contributed by atoms with Gasteiger partial charge in [-0.3, -0.25) is 4.90 Å². The number of nitrogens with one attached hydrogen (secondary N) is 2. The lowest BCUT2D eigenvalue weighted by molar-refractivity contribution is -0.0164. The highest BCUT2D eigenvalue weighted by Crippen LogP contribution is 2.30. The first-order valence-electron chi connectivity index (χ1n) is 10.2. The molecule has 2 aliphatic rings. The second-order valence-corrected chi connectivity index (χ2v) is 7.66. The zero-order valence-corrected chi connectivity index (χ0v) is 19.4. The molecule has 158 valence electrons. The Labute approximate surface area is 185 Å². The van der Waals surface area contributed by atoms with Gasteiger partial charge in [-0.2, -0.15) is 0 Å². The molecule has 7 heteroatoms. The first-order valence-corrected chi connectivity index (χ1v) is 10.2. The van der Waals surface area contributed by atoms with Crippen LogP contribution in [0.2, 0.25) is 0 Å². The largest absolute Gasteiger partial charge is 0.381 e. The van der Waals surface area contributed by atoms with Crippen LogP contribution in [0.4, 0.5) is 4.39 Å². The SMILES string of the molecule is CCNC(=NCc1ccc(C)c(F)c1)NCC1(N2CCCC2)CCOCC1.I. The topological polar surface area (TPSA) is 48.9 Å². The van der Waals surface area contributed by atoms with Crippen molar-refractivity contribution in [3.63, 3.8) is 0 Å². The Morgan fingerprint density at radius 2 is 1.93 bits per heavy atom. The molecule has 0 bridgehead atoms. The molecule has 2 aliphatic heterocycles. The molecule has 1 aromatic carbocycles. The maximum atomic E-state index is 13.8. The minimum Gasteiger partial charge on any atom is -0.381 e. The van der Waals surface area contributed by atoms with E-state index in [0.717, 1.165) is 50.7 Å². The van der Waals surface area contributed by atoms with Crippen LogP contribution in [0.25, 0.3) is 0 Å². The van der Waals surface area contributed by atoms with Crippen LogP contribution in [-0.2, 0) is 11.3 Å².